The van der Waals surface area contributed by atoms with Crippen molar-refractivity contribution in [1.82, 2.24) is 0 Å². The molecule has 174 valence electrons. The molecule has 5 aliphatic rings. The average Bonchev–Trinajstić information content (AvgIpc) is 3.11. The van der Waals surface area contributed by atoms with Gasteiger partial charge in [-0.1, -0.05) is 18.6 Å². The normalized spacial score (nSPS) is 46.8. The molecule has 5 rings (SSSR count). The quantitative estimate of drug-likeness (QED) is 0.503. The predicted octanol–water partition coefficient (Wildman–Crippen LogP) is 3.89. The third-order valence-corrected chi connectivity index (χ3v) is 10.2. The first kappa shape index (κ1) is 22.1. The lowest BCUT2D eigenvalue weighted by atomic mass is 9.47. The SMILES string of the molecule is CC1=C(C)C(=O)O[C@@H]([C@H](O)[C@H]2CC[C@H]3[C@@H]4CC=C5[C@@H](O)C=CC(=O)[C@]5(C)[C@H]4CC[C@]23C)C1. The van der Waals surface area contributed by atoms with Crippen LogP contribution in [-0.4, -0.2) is 40.3 Å². The van der Waals surface area contributed by atoms with Gasteiger partial charge < -0.3 is 14.9 Å². The molecule has 4 aliphatic carbocycles. The number of rotatable bonds is 2. The van der Waals surface area contributed by atoms with E-state index in [0.717, 1.165) is 43.3 Å². The Kier molecular flexibility index (Phi) is 5.10. The van der Waals surface area contributed by atoms with Gasteiger partial charge in [0, 0.05) is 12.0 Å². The van der Waals surface area contributed by atoms with Crippen LogP contribution in [0, 0.1) is 34.5 Å². The van der Waals surface area contributed by atoms with Crippen LogP contribution in [0.5, 0.6) is 0 Å². The smallest absolute Gasteiger partial charge is 0.334 e. The third-order valence-electron chi connectivity index (χ3n) is 10.2. The summed E-state index contributed by atoms with van der Waals surface area (Å²) in [6.45, 7) is 8.09. The molecule has 32 heavy (non-hydrogen) atoms. The molecular formula is C27H36O5. The van der Waals surface area contributed by atoms with Gasteiger partial charge in [0.25, 0.3) is 0 Å². The number of hydrogen-bond donors (Lipinski definition) is 2. The second-order valence-electron chi connectivity index (χ2n) is 11.4. The summed E-state index contributed by atoms with van der Waals surface area (Å²) >= 11 is 0. The van der Waals surface area contributed by atoms with E-state index in [1.165, 1.54) is 0 Å². The Balaban J connectivity index is 1.41. The van der Waals surface area contributed by atoms with E-state index in [1.54, 1.807) is 19.1 Å². The first-order chi connectivity index (χ1) is 15.1. The van der Waals surface area contributed by atoms with E-state index in [0.29, 0.717) is 23.8 Å². The van der Waals surface area contributed by atoms with E-state index >= 15 is 0 Å². The average molecular weight is 441 g/mol. The Morgan fingerprint density at radius 1 is 1.12 bits per heavy atom. The fraction of sp³-hybridized carbons (Fsp3) is 0.704. The van der Waals surface area contributed by atoms with E-state index in [9.17, 15) is 19.8 Å². The Morgan fingerprint density at radius 3 is 2.59 bits per heavy atom. The zero-order valence-electron chi connectivity index (χ0n) is 19.6. The number of carbonyl (C=O) groups excluding carboxylic acids is 2. The van der Waals surface area contributed by atoms with Crippen molar-refractivity contribution in [2.45, 2.75) is 84.5 Å². The van der Waals surface area contributed by atoms with Gasteiger partial charge in [0.2, 0.25) is 0 Å². The summed E-state index contributed by atoms with van der Waals surface area (Å²) in [6.07, 6.45) is 8.83. The fourth-order valence-electron chi connectivity index (χ4n) is 8.18. The lowest BCUT2D eigenvalue weighted by molar-refractivity contribution is -0.159. The van der Waals surface area contributed by atoms with Crippen molar-refractivity contribution in [2.75, 3.05) is 0 Å². The van der Waals surface area contributed by atoms with Gasteiger partial charge in [-0.2, -0.15) is 0 Å². The minimum absolute atomic E-state index is 0.0367. The van der Waals surface area contributed by atoms with Crippen molar-refractivity contribution >= 4 is 11.8 Å². The molecule has 5 nitrogen and oxygen atoms in total. The molecule has 0 amide bonds. The number of aliphatic hydroxyl groups is 2. The molecule has 0 aromatic rings. The molecule has 2 saturated carbocycles. The van der Waals surface area contributed by atoms with E-state index in [4.69, 9.17) is 4.74 Å². The van der Waals surface area contributed by atoms with Crippen LogP contribution >= 0.6 is 0 Å². The Hall–Kier alpha value is -1.72. The van der Waals surface area contributed by atoms with Gasteiger partial charge >= 0.3 is 5.97 Å². The van der Waals surface area contributed by atoms with Crippen LogP contribution in [0.3, 0.4) is 0 Å². The minimum atomic E-state index is -0.667. The highest BCUT2D eigenvalue weighted by molar-refractivity contribution is 5.99. The van der Waals surface area contributed by atoms with E-state index in [1.807, 2.05) is 13.8 Å². The van der Waals surface area contributed by atoms with Gasteiger partial charge in [-0.15, -0.1) is 0 Å². The largest absolute Gasteiger partial charge is 0.456 e. The molecule has 0 radical (unpaired) electrons. The van der Waals surface area contributed by atoms with E-state index in [-0.39, 0.29) is 29.0 Å². The highest BCUT2D eigenvalue weighted by Gasteiger charge is 2.62. The highest BCUT2D eigenvalue weighted by Crippen LogP contribution is 2.66. The zero-order chi connectivity index (χ0) is 23.0. The highest BCUT2D eigenvalue weighted by atomic mass is 16.6. The number of ketones is 1. The number of hydrogen-bond acceptors (Lipinski definition) is 5. The Morgan fingerprint density at radius 2 is 1.88 bits per heavy atom. The number of carbonyl (C=O) groups is 2. The lowest BCUT2D eigenvalue weighted by Gasteiger charge is -2.57. The van der Waals surface area contributed by atoms with Crippen LogP contribution < -0.4 is 0 Å². The molecular weight excluding hydrogens is 404 g/mol. The maximum Gasteiger partial charge on any atom is 0.334 e. The molecule has 2 fully saturated rings. The van der Waals surface area contributed by atoms with Gasteiger partial charge in [-0.05, 0) is 99.7 Å². The van der Waals surface area contributed by atoms with Gasteiger partial charge in [0.05, 0.1) is 17.6 Å². The lowest BCUT2D eigenvalue weighted by Crippen LogP contribution is -2.55. The zero-order valence-corrected chi connectivity index (χ0v) is 19.6. The molecule has 2 N–H and O–H groups in total. The summed E-state index contributed by atoms with van der Waals surface area (Å²) in [4.78, 5) is 25.3. The maximum atomic E-state index is 13.1. The summed E-state index contributed by atoms with van der Waals surface area (Å²) in [5.74, 6) is 0.923. The predicted molar refractivity (Wildman–Crippen MR) is 120 cm³/mol. The van der Waals surface area contributed by atoms with Crippen LogP contribution in [0.25, 0.3) is 0 Å². The van der Waals surface area contributed by atoms with E-state index in [2.05, 4.69) is 13.0 Å². The number of fused-ring (bicyclic) bond motifs is 5. The van der Waals surface area contributed by atoms with Crippen LogP contribution in [-0.2, 0) is 14.3 Å². The van der Waals surface area contributed by atoms with Crippen molar-refractivity contribution < 1.29 is 24.5 Å². The van der Waals surface area contributed by atoms with Crippen LogP contribution in [0.4, 0.5) is 0 Å². The number of ether oxygens (including phenoxy) is 1. The minimum Gasteiger partial charge on any atom is -0.456 e. The molecule has 0 bridgehead atoms. The summed E-state index contributed by atoms with van der Waals surface area (Å²) in [5.41, 5.74) is 1.90. The molecule has 0 aromatic carbocycles. The number of aliphatic hydroxyl groups excluding tert-OH is 2. The van der Waals surface area contributed by atoms with Crippen LogP contribution in [0.2, 0.25) is 0 Å². The molecule has 1 aliphatic heterocycles. The first-order valence-corrected chi connectivity index (χ1v) is 12.3. The summed E-state index contributed by atoms with van der Waals surface area (Å²) in [6, 6.07) is 0. The summed E-state index contributed by atoms with van der Waals surface area (Å²) in [7, 11) is 0. The summed E-state index contributed by atoms with van der Waals surface area (Å²) < 4.78 is 5.65. The van der Waals surface area contributed by atoms with E-state index < -0.39 is 23.7 Å². The van der Waals surface area contributed by atoms with Crippen molar-refractivity contribution in [3.05, 3.63) is 34.9 Å². The molecule has 0 spiro atoms. The first-order valence-electron chi connectivity index (χ1n) is 12.3. The third kappa shape index (κ3) is 2.89. The van der Waals surface area contributed by atoms with Gasteiger partial charge in [-0.3, -0.25) is 4.79 Å². The number of esters is 1. The molecule has 5 heteroatoms. The van der Waals surface area contributed by atoms with Crippen molar-refractivity contribution in [3.8, 4) is 0 Å². The molecule has 0 aromatic heterocycles. The van der Waals surface area contributed by atoms with Crippen LogP contribution in [0.1, 0.15) is 66.2 Å². The molecule has 9 atom stereocenters. The molecule has 0 unspecified atom stereocenters. The van der Waals surface area contributed by atoms with Gasteiger partial charge in [-0.25, -0.2) is 4.79 Å². The second kappa shape index (κ2) is 7.39. The monoisotopic (exact) mass is 440 g/mol. The Labute approximate surface area is 190 Å². The molecule has 0 saturated heterocycles. The standard InChI is InChI=1S/C27H36O5/c1-14-13-22(32-25(31)15(14)2)24(30)20-8-7-17-16-5-6-19-21(28)9-10-23(29)27(19,4)18(16)11-12-26(17,20)3/h6,9-10,16-18,20-22,24,28,30H,5,7-8,11-13H2,1-4H3/t16-,17-,18-,20+,21-,22+,24+,26-,27+/m0/s1. The number of allylic oxidation sites excluding steroid dienone is 2. The van der Waals surface area contributed by atoms with Crippen molar-refractivity contribution in [3.63, 3.8) is 0 Å². The van der Waals surface area contributed by atoms with Crippen LogP contribution in [0.15, 0.2) is 34.9 Å². The van der Waals surface area contributed by atoms with Gasteiger partial charge in [0.15, 0.2) is 5.78 Å². The van der Waals surface area contributed by atoms with Crippen molar-refractivity contribution in [1.29, 1.82) is 0 Å². The second-order valence-corrected chi connectivity index (χ2v) is 11.4. The fourth-order valence-corrected chi connectivity index (χ4v) is 8.18. The molecule has 1 heterocycles. The van der Waals surface area contributed by atoms with Gasteiger partial charge in [0.1, 0.15) is 6.10 Å². The topological polar surface area (TPSA) is 83.8 Å². The summed E-state index contributed by atoms with van der Waals surface area (Å²) in [5, 5.41) is 22.0. The number of cyclic esters (lactones) is 1. The Bertz CT molecular complexity index is 944. The maximum absolute atomic E-state index is 13.1. The van der Waals surface area contributed by atoms with Crippen molar-refractivity contribution in [2.24, 2.45) is 34.5 Å².